The molecule has 3 rings (SSSR count). The molecule has 1 amide bonds. The van der Waals surface area contributed by atoms with E-state index in [-0.39, 0.29) is 23.1 Å². The molecule has 1 aromatic heterocycles. The molecule has 1 heterocycles. The molecule has 0 spiro atoms. The highest BCUT2D eigenvalue weighted by Gasteiger charge is 2.31. The number of nitrogens with zero attached hydrogens (tertiary/aromatic N) is 3. The molecule has 23 heavy (non-hydrogen) atoms. The topological polar surface area (TPSA) is 90.1 Å². The number of fused-ring (bicyclic) bond motifs is 1. The predicted molar refractivity (Wildman–Crippen MR) is 84.2 cm³/mol. The minimum absolute atomic E-state index is 0.00412. The second-order valence-electron chi connectivity index (χ2n) is 5.78. The summed E-state index contributed by atoms with van der Waals surface area (Å²) in [7, 11) is 1.55. The van der Waals surface area contributed by atoms with Gasteiger partial charge in [0, 0.05) is 7.05 Å². The Kier molecular flexibility index (Phi) is 3.85. The Labute approximate surface area is 133 Å². The summed E-state index contributed by atoms with van der Waals surface area (Å²) in [5.41, 5.74) is 2.32. The monoisotopic (exact) mass is 314 g/mol. The number of rotatable bonds is 3. The minimum Gasteiger partial charge on any atom is -0.344 e. The van der Waals surface area contributed by atoms with E-state index in [1.165, 1.54) is 17.2 Å². The van der Waals surface area contributed by atoms with E-state index in [2.05, 4.69) is 16.5 Å². The van der Waals surface area contributed by atoms with Gasteiger partial charge in [0.05, 0.1) is 11.0 Å². The summed E-state index contributed by atoms with van der Waals surface area (Å²) in [6.07, 6.45) is 2.80. The maximum atomic E-state index is 12.6. The Morgan fingerprint density at radius 3 is 2.91 bits per heavy atom. The van der Waals surface area contributed by atoms with E-state index in [1.54, 1.807) is 7.05 Å². The van der Waals surface area contributed by atoms with Crippen molar-refractivity contribution in [2.24, 2.45) is 7.05 Å². The van der Waals surface area contributed by atoms with Gasteiger partial charge in [0.25, 0.3) is 5.91 Å². The number of carbonyl (C=O) groups excluding carboxylic acids is 1. The summed E-state index contributed by atoms with van der Waals surface area (Å²) in [4.78, 5) is 23.3. The van der Waals surface area contributed by atoms with Gasteiger partial charge in [0.15, 0.2) is 0 Å². The number of nitro groups is 1. The number of amides is 1. The van der Waals surface area contributed by atoms with E-state index in [4.69, 9.17) is 0 Å². The molecule has 0 radical (unpaired) electrons. The second-order valence-corrected chi connectivity index (χ2v) is 5.78. The number of benzene rings is 1. The first-order chi connectivity index (χ1) is 11.0. The molecule has 1 aliphatic rings. The lowest BCUT2D eigenvalue weighted by molar-refractivity contribution is -0.385. The Balaban J connectivity index is 1.91. The third kappa shape index (κ3) is 2.69. The van der Waals surface area contributed by atoms with E-state index < -0.39 is 10.8 Å². The second kappa shape index (κ2) is 5.83. The van der Waals surface area contributed by atoms with Crippen molar-refractivity contribution in [2.45, 2.75) is 32.2 Å². The van der Waals surface area contributed by atoms with Crippen LogP contribution in [0.1, 0.15) is 46.2 Å². The summed E-state index contributed by atoms with van der Waals surface area (Å²) in [6, 6.07) is 7.87. The van der Waals surface area contributed by atoms with Crippen LogP contribution in [0.25, 0.3) is 0 Å². The number of aryl methyl sites for hydroxylation is 3. The third-order valence-corrected chi connectivity index (χ3v) is 4.26. The first-order valence-corrected chi connectivity index (χ1v) is 7.55. The first-order valence-electron chi connectivity index (χ1n) is 7.55. The van der Waals surface area contributed by atoms with E-state index in [0.717, 1.165) is 24.8 Å². The van der Waals surface area contributed by atoms with Crippen LogP contribution < -0.4 is 5.32 Å². The van der Waals surface area contributed by atoms with Crippen molar-refractivity contribution in [2.75, 3.05) is 0 Å². The third-order valence-electron chi connectivity index (χ3n) is 4.26. The summed E-state index contributed by atoms with van der Waals surface area (Å²) in [6.45, 7) is 1.53. The normalized spacial score (nSPS) is 16.7. The van der Waals surface area contributed by atoms with Crippen LogP contribution in [-0.4, -0.2) is 20.6 Å². The molecule has 0 aliphatic heterocycles. The fourth-order valence-electron chi connectivity index (χ4n) is 3.25. The Bertz CT molecular complexity index is 782. The quantitative estimate of drug-likeness (QED) is 0.696. The van der Waals surface area contributed by atoms with Crippen LogP contribution in [0.4, 0.5) is 5.69 Å². The fraction of sp³-hybridized carbons (Fsp3) is 0.375. The molecule has 1 N–H and O–H groups in total. The first kappa shape index (κ1) is 15.2. The van der Waals surface area contributed by atoms with Crippen molar-refractivity contribution < 1.29 is 9.72 Å². The number of nitrogens with one attached hydrogen (secondary N) is 1. The van der Waals surface area contributed by atoms with Gasteiger partial charge in [0.2, 0.25) is 5.69 Å². The average molecular weight is 314 g/mol. The highest BCUT2D eigenvalue weighted by atomic mass is 16.6. The highest BCUT2D eigenvalue weighted by Crippen LogP contribution is 2.30. The van der Waals surface area contributed by atoms with Gasteiger partial charge in [-0.05, 0) is 37.3 Å². The zero-order chi connectivity index (χ0) is 16.6. The largest absolute Gasteiger partial charge is 0.344 e. The number of hydrogen-bond donors (Lipinski definition) is 1. The Hall–Kier alpha value is -2.70. The van der Waals surface area contributed by atoms with E-state index in [9.17, 15) is 14.9 Å². The van der Waals surface area contributed by atoms with Crippen LogP contribution in [-0.2, 0) is 13.5 Å². The fourth-order valence-corrected chi connectivity index (χ4v) is 3.25. The molecule has 120 valence electrons. The molecule has 7 nitrogen and oxygen atoms in total. The molecule has 1 aromatic carbocycles. The highest BCUT2D eigenvalue weighted by molar-refractivity contribution is 5.97. The lowest BCUT2D eigenvalue weighted by Crippen LogP contribution is -2.32. The molecular weight excluding hydrogens is 296 g/mol. The van der Waals surface area contributed by atoms with Gasteiger partial charge in [0.1, 0.15) is 5.69 Å². The maximum absolute atomic E-state index is 12.6. The van der Waals surface area contributed by atoms with E-state index >= 15 is 0 Å². The predicted octanol–water partition coefficient (Wildman–Crippen LogP) is 2.44. The van der Waals surface area contributed by atoms with Gasteiger partial charge in [-0.2, -0.15) is 5.10 Å². The van der Waals surface area contributed by atoms with E-state index in [0.29, 0.717) is 0 Å². The smallest absolute Gasteiger partial charge is 0.322 e. The molecular formula is C16H18N4O3. The number of aromatic nitrogens is 2. The van der Waals surface area contributed by atoms with Crippen LogP contribution in [0.2, 0.25) is 0 Å². The molecule has 0 fully saturated rings. The summed E-state index contributed by atoms with van der Waals surface area (Å²) in [5.74, 6) is -0.457. The van der Waals surface area contributed by atoms with Crippen molar-refractivity contribution in [1.82, 2.24) is 15.1 Å². The zero-order valence-corrected chi connectivity index (χ0v) is 13.1. The minimum atomic E-state index is -0.550. The molecule has 2 aromatic rings. The summed E-state index contributed by atoms with van der Waals surface area (Å²) >= 11 is 0. The van der Waals surface area contributed by atoms with Crippen molar-refractivity contribution in [3.8, 4) is 0 Å². The molecule has 0 saturated heterocycles. The zero-order valence-electron chi connectivity index (χ0n) is 13.1. The van der Waals surface area contributed by atoms with Crippen LogP contribution in [0.3, 0.4) is 0 Å². The standard InChI is InChI=1S/C16H18N4O3/c1-10-14(20(22)23)15(19(2)18-10)16(21)17-13-9-5-7-11-6-3-4-8-12(11)13/h3-4,6,8,13H,5,7,9H2,1-2H3,(H,17,21). The van der Waals surface area contributed by atoms with Gasteiger partial charge < -0.3 is 5.32 Å². The summed E-state index contributed by atoms with van der Waals surface area (Å²) < 4.78 is 1.28. The average Bonchev–Trinajstić information content (AvgIpc) is 2.82. The molecule has 1 unspecified atom stereocenters. The van der Waals surface area contributed by atoms with Gasteiger partial charge in [-0.3, -0.25) is 19.6 Å². The van der Waals surface area contributed by atoms with Crippen LogP contribution in [0, 0.1) is 17.0 Å². The lowest BCUT2D eigenvalue weighted by atomic mass is 9.87. The maximum Gasteiger partial charge on any atom is 0.322 e. The SMILES string of the molecule is Cc1nn(C)c(C(=O)NC2CCCc3ccccc32)c1[N+](=O)[O-]. The Morgan fingerprint density at radius 1 is 1.43 bits per heavy atom. The Morgan fingerprint density at radius 2 is 2.17 bits per heavy atom. The van der Waals surface area contributed by atoms with Gasteiger partial charge >= 0.3 is 5.69 Å². The summed E-state index contributed by atoms with van der Waals surface area (Å²) in [5, 5.41) is 18.2. The van der Waals surface area contributed by atoms with Crippen LogP contribution in [0.15, 0.2) is 24.3 Å². The van der Waals surface area contributed by atoms with Crippen LogP contribution >= 0.6 is 0 Å². The lowest BCUT2D eigenvalue weighted by Gasteiger charge is -2.26. The van der Waals surface area contributed by atoms with Gasteiger partial charge in [-0.25, -0.2) is 0 Å². The van der Waals surface area contributed by atoms with Crippen molar-refractivity contribution in [1.29, 1.82) is 0 Å². The molecule has 0 saturated carbocycles. The molecule has 0 bridgehead atoms. The molecule has 1 atom stereocenters. The molecule has 1 aliphatic carbocycles. The number of carbonyl (C=O) groups is 1. The van der Waals surface area contributed by atoms with Crippen molar-refractivity contribution in [3.63, 3.8) is 0 Å². The van der Waals surface area contributed by atoms with E-state index in [1.807, 2.05) is 18.2 Å². The molecule has 7 heteroatoms. The van der Waals surface area contributed by atoms with Gasteiger partial charge in [-0.1, -0.05) is 24.3 Å². The van der Waals surface area contributed by atoms with Crippen molar-refractivity contribution >= 4 is 11.6 Å². The van der Waals surface area contributed by atoms with Crippen molar-refractivity contribution in [3.05, 3.63) is 56.9 Å². The number of hydrogen-bond acceptors (Lipinski definition) is 4. The van der Waals surface area contributed by atoms with Crippen LogP contribution in [0.5, 0.6) is 0 Å². The van der Waals surface area contributed by atoms with Gasteiger partial charge in [-0.15, -0.1) is 0 Å².